The molecule has 3 aromatic carbocycles. The van der Waals surface area contributed by atoms with Crippen molar-refractivity contribution in [2.75, 3.05) is 6.61 Å². The Bertz CT molecular complexity index is 1650. The number of H-pyrrole nitrogens is 1. The van der Waals surface area contributed by atoms with Crippen LogP contribution in [-0.2, 0) is 13.0 Å². The molecule has 10 heteroatoms. The molecule has 0 radical (unpaired) electrons. The number of hydrogen-bond donors (Lipinski definition) is 1. The first kappa shape index (κ1) is 29.6. The van der Waals surface area contributed by atoms with E-state index in [2.05, 4.69) is 19.6 Å². The number of halogens is 2. The van der Waals surface area contributed by atoms with E-state index < -0.39 is 5.76 Å². The Hall–Kier alpha value is -3.95. The Kier molecular flexibility index (Phi) is 10.0. The molecule has 1 N–H and O–H groups in total. The molecule has 0 saturated heterocycles. The number of aromatic amines is 1. The van der Waals surface area contributed by atoms with E-state index in [4.69, 9.17) is 4.74 Å². The van der Waals surface area contributed by atoms with E-state index >= 15 is 0 Å². The van der Waals surface area contributed by atoms with Crippen molar-refractivity contribution in [3.8, 4) is 28.5 Å². The minimum atomic E-state index is -0.603. The molecule has 5 aromatic rings. The SMILES string of the molecule is Br.CCOc1nc(C)c(Cc2ccccc2)c(=O)n1Cc1ccc(-c2ccccc2-c2noc(=O)[nH]2)cc1.Cl. The Morgan fingerprint density at radius 1 is 0.897 bits per heavy atom. The van der Waals surface area contributed by atoms with Gasteiger partial charge in [0.2, 0.25) is 0 Å². The largest absolute Gasteiger partial charge is 0.465 e. The first-order chi connectivity index (χ1) is 18.0. The van der Waals surface area contributed by atoms with Crippen LogP contribution in [0, 0.1) is 6.92 Å². The van der Waals surface area contributed by atoms with Crippen LogP contribution in [0.15, 0.2) is 93.0 Å². The topological polar surface area (TPSA) is 103 Å². The summed E-state index contributed by atoms with van der Waals surface area (Å²) in [6.07, 6.45) is 0.505. The third-order valence-electron chi connectivity index (χ3n) is 6.16. The van der Waals surface area contributed by atoms with Crippen molar-refractivity contribution in [3.05, 3.63) is 122 Å². The molecular formula is C29H28BrClN4O4. The van der Waals surface area contributed by atoms with Gasteiger partial charge in [-0.1, -0.05) is 84.0 Å². The molecule has 0 unspecified atom stereocenters. The molecule has 8 nitrogen and oxygen atoms in total. The van der Waals surface area contributed by atoms with Crippen molar-refractivity contribution in [3.63, 3.8) is 0 Å². The molecule has 0 spiro atoms. The first-order valence-corrected chi connectivity index (χ1v) is 12.0. The van der Waals surface area contributed by atoms with Crippen molar-refractivity contribution in [2.24, 2.45) is 0 Å². The average molecular weight is 612 g/mol. The van der Waals surface area contributed by atoms with Crippen molar-refractivity contribution < 1.29 is 9.26 Å². The lowest BCUT2D eigenvalue weighted by molar-refractivity contribution is 0.290. The maximum atomic E-state index is 13.6. The maximum Gasteiger partial charge on any atom is 0.439 e. The van der Waals surface area contributed by atoms with E-state index in [9.17, 15) is 9.59 Å². The summed E-state index contributed by atoms with van der Waals surface area (Å²) in [4.78, 5) is 32.3. The molecule has 0 atom stereocenters. The smallest absolute Gasteiger partial charge is 0.439 e. The van der Waals surface area contributed by atoms with Crippen molar-refractivity contribution in [1.82, 2.24) is 19.7 Å². The summed E-state index contributed by atoms with van der Waals surface area (Å²) in [6, 6.07) is 25.7. The number of aryl methyl sites for hydroxylation is 1. The van der Waals surface area contributed by atoms with Crippen LogP contribution in [0.2, 0.25) is 0 Å². The molecule has 2 heterocycles. The van der Waals surface area contributed by atoms with Crippen molar-refractivity contribution >= 4 is 29.4 Å². The van der Waals surface area contributed by atoms with Gasteiger partial charge in [0.1, 0.15) is 0 Å². The highest BCUT2D eigenvalue weighted by Gasteiger charge is 2.17. The maximum absolute atomic E-state index is 13.6. The summed E-state index contributed by atoms with van der Waals surface area (Å²) in [5.41, 5.74) is 5.79. The Morgan fingerprint density at radius 3 is 2.21 bits per heavy atom. The molecule has 202 valence electrons. The predicted octanol–water partition coefficient (Wildman–Crippen LogP) is 5.60. The van der Waals surface area contributed by atoms with Gasteiger partial charge in [-0.3, -0.25) is 18.9 Å². The van der Waals surface area contributed by atoms with Crippen LogP contribution < -0.4 is 16.1 Å². The minimum Gasteiger partial charge on any atom is -0.465 e. The van der Waals surface area contributed by atoms with Gasteiger partial charge >= 0.3 is 5.76 Å². The van der Waals surface area contributed by atoms with E-state index in [1.807, 2.05) is 92.7 Å². The fourth-order valence-electron chi connectivity index (χ4n) is 4.32. The van der Waals surface area contributed by atoms with Gasteiger partial charge < -0.3 is 4.74 Å². The summed E-state index contributed by atoms with van der Waals surface area (Å²) >= 11 is 0. The van der Waals surface area contributed by atoms with E-state index in [1.165, 1.54) is 0 Å². The summed E-state index contributed by atoms with van der Waals surface area (Å²) in [5.74, 6) is -0.233. The van der Waals surface area contributed by atoms with Gasteiger partial charge in [0, 0.05) is 17.5 Å². The lowest BCUT2D eigenvalue weighted by Crippen LogP contribution is -2.28. The van der Waals surface area contributed by atoms with E-state index in [0.29, 0.717) is 42.7 Å². The monoisotopic (exact) mass is 610 g/mol. The Labute approximate surface area is 241 Å². The van der Waals surface area contributed by atoms with E-state index in [-0.39, 0.29) is 34.9 Å². The Morgan fingerprint density at radius 2 is 1.56 bits per heavy atom. The molecule has 39 heavy (non-hydrogen) atoms. The number of aromatic nitrogens is 4. The molecule has 0 fully saturated rings. The average Bonchev–Trinajstić information content (AvgIpc) is 3.36. The van der Waals surface area contributed by atoms with Gasteiger partial charge in [-0.15, -0.1) is 29.4 Å². The van der Waals surface area contributed by atoms with Crippen LogP contribution in [0.4, 0.5) is 0 Å². The van der Waals surface area contributed by atoms with Crippen LogP contribution in [0.5, 0.6) is 6.01 Å². The highest BCUT2D eigenvalue weighted by molar-refractivity contribution is 8.93. The van der Waals surface area contributed by atoms with Crippen molar-refractivity contribution in [2.45, 2.75) is 26.8 Å². The summed E-state index contributed by atoms with van der Waals surface area (Å²) in [6.45, 7) is 4.45. The molecule has 0 aliphatic heterocycles. The normalized spacial score (nSPS) is 10.4. The summed E-state index contributed by atoms with van der Waals surface area (Å²) < 4.78 is 12.0. The zero-order chi connectivity index (χ0) is 25.8. The summed E-state index contributed by atoms with van der Waals surface area (Å²) in [7, 11) is 0. The standard InChI is InChI=1S/C29H26N4O4.BrH.ClH/c1-3-36-28-30-19(2)25(17-20-9-5-4-6-10-20)27(34)33(28)18-21-13-15-22(16-14-21)23-11-7-8-12-24(23)26-31-29(35)37-32-26;;/h4-16H,3,17-18H2,1-2H3,(H,31,32,35);2*1H. The minimum absolute atomic E-state index is 0. The molecule has 0 bridgehead atoms. The zero-order valence-electron chi connectivity index (χ0n) is 21.4. The number of nitrogens with one attached hydrogen (secondary N) is 1. The van der Waals surface area contributed by atoms with Crippen LogP contribution in [0.3, 0.4) is 0 Å². The van der Waals surface area contributed by atoms with E-state index in [1.54, 1.807) is 4.57 Å². The molecule has 0 saturated carbocycles. The highest BCUT2D eigenvalue weighted by atomic mass is 79.9. The highest BCUT2D eigenvalue weighted by Crippen LogP contribution is 2.30. The quantitative estimate of drug-likeness (QED) is 0.245. The lowest BCUT2D eigenvalue weighted by Gasteiger charge is -2.16. The van der Waals surface area contributed by atoms with Crippen molar-refractivity contribution in [1.29, 1.82) is 0 Å². The fraction of sp³-hybridized carbons (Fsp3) is 0.172. The number of hydrogen-bond acceptors (Lipinski definition) is 6. The van der Waals surface area contributed by atoms with Gasteiger partial charge in [-0.05, 0) is 36.1 Å². The molecule has 0 aliphatic carbocycles. The molecule has 5 rings (SSSR count). The third-order valence-corrected chi connectivity index (χ3v) is 6.16. The predicted molar refractivity (Wildman–Crippen MR) is 158 cm³/mol. The number of rotatable bonds is 8. The lowest BCUT2D eigenvalue weighted by atomic mass is 9.98. The molecule has 2 aromatic heterocycles. The molecule has 0 aliphatic rings. The fourth-order valence-corrected chi connectivity index (χ4v) is 4.32. The van der Waals surface area contributed by atoms with Crippen LogP contribution >= 0.6 is 29.4 Å². The van der Waals surface area contributed by atoms with Gasteiger partial charge in [0.15, 0.2) is 5.82 Å². The van der Waals surface area contributed by atoms with Gasteiger partial charge in [0.25, 0.3) is 11.6 Å². The molecule has 0 amide bonds. The van der Waals surface area contributed by atoms with Gasteiger partial charge in [-0.2, -0.15) is 0 Å². The third kappa shape index (κ3) is 6.55. The number of benzene rings is 3. The van der Waals surface area contributed by atoms with Gasteiger partial charge in [-0.25, -0.2) is 9.78 Å². The van der Waals surface area contributed by atoms with Crippen LogP contribution in [0.1, 0.15) is 29.3 Å². The second-order valence-corrected chi connectivity index (χ2v) is 8.63. The second-order valence-electron chi connectivity index (χ2n) is 8.63. The Balaban J connectivity index is 0.00000210. The van der Waals surface area contributed by atoms with Gasteiger partial charge in [0.05, 0.1) is 18.8 Å². The first-order valence-electron chi connectivity index (χ1n) is 12.0. The second kappa shape index (κ2) is 13.2. The van der Waals surface area contributed by atoms with Crippen LogP contribution in [0.25, 0.3) is 22.5 Å². The number of nitrogens with zero attached hydrogens (tertiary/aromatic N) is 3. The summed E-state index contributed by atoms with van der Waals surface area (Å²) in [5, 5.41) is 3.83. The molecular weight excluding hydrogens is 584 g/mol. The zero-order valence-corrected chi connectivity index (χ0v) is 23.9. The van der Waals surface area contributed by atoms with Crippen LogP contribution in [-0.4, -0.2) is 26.3 Å². The van der Waals surface area contributed by atoms with E-state index in [0.717, 1.165) is 27.8 Å². The number of ether oxygens (including phenoxy) is 1.